The van der Waals surface area contributed by atoms with Crippen molar-refractivity contribution < 1.29 is 9.47 Å². The van der Waals surface area contributed by atoms with Gasteiger partial charge in [0.25, 0.3) is 0 Å². The van der Waals surface area contributed by atoms with Gasteiger partial charge >= 0.3 is 0 Å². The van der Waals surface area contributed by atoms with Crippen LogP contribution in [0, 0.1) is 0 Å². The Balaban J connectivity index is 1.83. The fourth-order valence-electron chi connectivity index (χ4n) is 2.30. The number of benzene rings is 1. The molecule has 2 heterocycles. The first kappa shape index (κ1) is 13.2. The molecular weight excluding hydrogens is 320 g/mol. The van der Waals surface area contributed by atoms with Gasteiger partial charge in [0.05, 0.1) is 31.6 Å². The van der Waals surface area contributed by atoms with Crippen molar-refractivity contribution in [3.63, 3.8) is 0 Å². The fraction of sp³-hybridized carbons (Fsp3) is 0.267. The molecule has 4 nitrogen and oxygen atoms in total. The first-order valence-corrected chi connectivity index (χ1v) is 7.24. The zero-order valence-electron chi connectivity index (χ0n) is 11.1. The standard InChI is InChI=1S/C15H15BrN2O2/c1-19-15-5-3-11(9-17-15)18-13-6-7-20-14-4-2-10(16)8-12(13)14/h2-5,8-9,13,18H,6-7H2,1H3. The largest absolute Gasteiger partial charge is 0.493 e. The van der Waals surface area contributed by atoms with Crippen LogP contribution < -0.4 is 14.8 Å². The third-order valence-electron chi connectivity index (χ3n) is 3.30. The van der Waals surface area contributed by atoms with Gasteiger partial charge in [0.15, 0.2) is 0 Å². The lowest BCUT2D eigenvalue weighted by molar-refractivity contribution is 0.274. The summed E-state index contributed by atoms with van der Waals surface area (Å²) in [6.07, 6.45) is 2.71. The molecule has 1 aromatic carbocycles. The molecule has 0 bridgehead atoms. The van der Waals surface area contributed by atoms with E-state index in [1.165, 1.54) is 5.56 Å². The summed E-state index contributed by atoms with van der Waals surface area (Å²) in [5.41, 5.74) is 2.14. The molecule has 0 spiro atoms. The lowest BCUT2D eigenvalue weighted by Gasteiger charge is -2.27. The van der Waals surface area contributed by atoms with Gasteiger partial charge in [0.2, 0.25) is 5.88 Å². The maximum absolute atomic E-state index is 5.69. The lowest BCUT2D eigenvalue weighted by atomic mass is 10.0. The maximum Gasteiger partial charge on any atom is 0.213 e. The zero-order valence-corrected chi connectivity index (χ0v) is 12.7. The molecule has 0 saturated carbocycles. The van der Waals surface area contributed by atoms with Crippen LogP contribution in [0.25, 0.3) is 0 Å². The topological polar surface area (TPSA) is 43.4 Å². The van der Waals surface area contributed by atoms with Crippen LogP contribution in [0.5, 0.6) is 11.6 Å². The van der Waals surface area contributed by atoms with Gasteiger partial charge in [0.1, 0.15) is 5.75 Å². The van der Waals surface area contributed by atoms with Crippen LogP contribution in [0.3, 0.4) is 0 Å². The molecular formula is C15H15BrN2O2. The number of anilines is 1. The van der Waals surface area contributed by atoms with Crippen LogP contribution in [0.2, 0.25) is 0 Å². The summed E-state index contributed by atoms with van der Waals surface area (Å²) in [6, 6.07) is 10.1. The minimum atomic E-state index is 0.228. The fourth-order valence-corrected chi connectivity index (χ4v) is 2.68. The Hall–Kier alpha value is -1.75. The molecule has 0 aliphatic carbocycles. The molecule has 5 heteroatoms. The highest BCUT2D eigenvalue weighted by molar-refractivity contribution is 9.10. The van der Waals surface area contributed by atoms with Crippen LogP contribution in [-0.4, -0.2) is 18.7 Å². The van der Waals surface area contributed by atoms with E-state index in [9.17, 15) is 0 Å². The number of methoxy groups -OCH3 is 1. The Morgan fingerprint density at radius 3 is 3.00 bits per heavy atom. The van der Waals surface area contributed by atoms with E-state index in [1.54, 1.807) is 13.3 Å². The second-order valence-electron chi connectivity index (χ2n) is 4.61. The van der Waals surface area contributed by atoms with Gasteiger partial charge in [-0.3, -0.25) is 0 Å². The molecule has 0 amide bonds. The lowest BCUT2D eigenvalue weighted by Crippen LogP contribution is -2.20. The highest BCUT2D eigenvalue weighted by Crippen LogP contribution is 2.36. The van der Waals surface area contributed by atoms with Crippen molar-refractivity contribution in [2.24, 2.45) is 0 Å². The van der Waals surface area contributed by atoms with E-state index in [-0.39, 0.29) is 6.04 Å². The number of nitrogens with one attached hydrogen (secondary N) is 1. The zero-order chi connectivity index (χ0) is 13.9. The molecule has 1 unspecified atom stereocenters. The number of hydrogen-bond donors (Lipinski definition) is 1. The number of pyridine rings is 1. The monoisotopic (exact) mass is 334 g/mol. The normalized spacial score (nSPS) is 17.0. The molecule has 1 aliphatic heterocycles. The summed E-state index contributed by atoms with van der Waals surface area (Å²) in [5, 5.41) is 3.50. The van der Waals surface area contributed by atoms with Crippen LogP contribution in [0.4, 0.5) is 5.69 Å². The number of ether oxygens (including phenoxy) is 2. The minimum absolute atomic E-state index is 0.228. The molecule has 2 aromatic rings. The van der Waals surface area contributed by atoms with Crippen LogP contribution >= 0.6 is 15.9 Å². The van der Waals surface area contributed by atoms with Gasteiger partial charge in [-0.1, -0.05) is 15.9 Å². The van der Waals surface area contributed by atoms with Crippen LogP contribution in [-0.2, 0) is 0 Å². The number of halogens is 1. The van der Waals surface area contributed by atoms with Crippen LogP contribution in [0.1, 0.15) is 18.0 Å². The average molecular weight is 335 g/mol. The SMILES string of the molecule is COc1ccc(NC2CCOc3ccc(Br)cc32)cn1. The number of nitrogens with zero attached hydrogens (tertiary/aromatic N) is 1. The molecule has 0 saturated heterocycles. The molecule has 1 aliphatic rings. The molecule has 0 radical (unpaired) electrons. The Bertz CT molecular complexity index is 601. The van der Waals surface area contributed by atoms with Gasteiger partial charge in [-0.2, -0.15) is 0 Å². The molecule has 20 heavy (non-hydrogen) atoms. The first-order chi connectivity index (χ1) is 9.76. The predicted octanol–water partition coefficient (Wildman–Crippen LogP) is 3.79. The van der Waals surface area contributed by atoms with Crippen molar-refractivity contribution in [3.8, 4) is 11.6 Å². The van der Waals surface area contributed by atoms with E-state index in [0.29, 0.717) is 5.88 Å². The Kier molecular flexibility index (Phi) is 3.78. The highest BCUT2D eigenvalue weighted by Gasteiger charge is 2.21. The maximum atomic E-state index is 5.69. The van der Waals surface area contributed by atoms with E-state index >= 15 is 0 Å². The van der Waals surface area contributed by atoms with E-state index in [4.69, 9.17) is 9.47 Å². The summed E-state index contributed by atoms with van der Waals surface area (Å²) >= 11 is 3.51. The van der Waals surface area contributed by atoms with Gasteiger partial charge in [-0.05, 0) is 24.3 Å². The van der Waals surface area contributed by atoms with Gasteiger partial charge in [-0.15, -0.1) is 0 Å². The molecule has 1 N–H and O–H groups in total. The summed E-state index contributed by atoms with van der Waals surface area (Å²) in [7, 11) is 1.61. The quantitative estimate of drug-likeness (QED) is 0.927. The Morgan fingerprint density at radius 1 is 1.35 bits per heavy atom. The first-order valence-electron chi connectivity index (χ1n) is 6.45. The van der Waals surface area contributed by atoms with E-state index < -0.39 is 0 Å². The number of fused-ring (bicyclic) bond motifs is 1. The molecule has 0 fully saturated rings. The Labute approximate surface area is 126 Å². The summed E-state index contributed by atoms with van der Waals surface area (Å²) in [5.74, 6) is 1.56. The number of rotatable bonds is 3. The summed E-state index contributed by atoms with van der Waals surface area (Å²) in [4.78, 5) is 4.21. The van der Waals surface area contributed by atoms with Crippen molar-refractivity contribution >= 4 is 21.6 Å². The second kappa shape index (κ2) is 5.71. The van der Waals surface area contributed by atoms with Gasteiger partial charge < -0.3 is 14.8 Å². The van der Waals surface area contributed by atoms with Crippen molar-refractivity contribution in [1.29, 1.82) is 0 Å². The highest BCUT2D eigenvalue weighted by atomic mass is 79.9. The number of aromatic nitrogens is 1. The summed E-state index contributed by atoms with van der Waals surface area (Å²) < 4.78 is 11.8. The molecule has 1 atom stereocenters. The van der Waals surface area contributed by atoms with Gasteiger partial charge in [-0.25, -0.2) is 4.98 Å². The third-order valence-corrected chi connectivity index (χ3v) is 3.79. The predicted molar refractivity (Wildman–Crippen MR) is 81.4 cm³/mol. The van der Waals surface area contributed by atoms with Crippen molar-refractivity contribution in [2.45, 2.75) is 12.5 Å². The third kappa shape index (κ3) is 2.72. The molecule has 1 aromatic heterocycles. The van der Waals surface area contributed by atoms with E-state index in [0.717, 1.165) is 28.9 Å². The van der Waals surface area contributed by atoms with E-state index in [1.807, 2.05) is 24.3 Å². The Morgan fingerprint density at radius 2 is 2.25 bits per heavy atom. The summed E-state index contributed by atoms with van der Waals surface area (Å²) in [6.45, 7) is 0.718. The van der Waals surface area contributed by atoms with Crippen molar-refractivity contribution in [2.75, 3.05) is 19.0 Å². The minimum Gasteiger partial charge on any atom is -0.493 e. The van der Waals surface area contributed by atoms with Gasteiger partial charge in [0, 0.05) is 22.5 Å². The average Bonchev–Trinajstić information content (AvgIpc) is 2.49. The second-order valence-corrected chi connectivity index (χ2v) is 5.52. The van der Waals surface area contributed by atoms with Crippen LogP contribution in [0.15, 0.2) is 41.0 Å². The molecule has 3 rings (SSSR count). The number of hydrogen-bond acceptors (Lipinski definition) is 4. The van der Waals surface area contributed by atoms with Crippen molar-refractivity contribution in [3.05, 3.63) is 46.6 Å². The smallest absolute Gasteiger partial charge is 0.213 e. The van der Waals surface area contributed by atoms with Crippen molar-refractivity contribution in [1.82, 2.24) is 4.98 Å². The molecule has 104 valence electrons. The van der Waals surface area contributed by atoms with E-state index in [2.05, 4.69) is 32.3 Å².